The van der Waals surface area contributed by atoms with E-state index >= 15 is 0 Å². The van der Waals surface area contributed by atoms with Crippen molar-refractivity contribution in [1.29, 1.82) is 0 Å². The topological polar surface area (TPSA) is 64.6 Å². The number of rotatable bonds is 6. The second-order valence-corrected chi connectivity index (χ2v) is 9.57. The van der Waals surface area contributed by atoms with E-state index in [4.69, 9.17) is 32.7 Å². The average Bonchev–Trinajstić information content (AvgIpc) is 2.96. The van der Waals surface area contributed by atoms with E-state index in [0.717, 1.165) is 5.56 Å². The lowest BCUT2D eigenvalue weighted by atomic mass is 10.0. The molecule has 0 spiro atoms. The summed E-state index contributed by atoms with van der Waals surface area (Å²) in [5.74, 6) is -0.110. The molecule has 0 saturated heterocycles. The molecule has 150 valence electrons. The van der Waals surface area contributed by atoms with E-state index in [-0.39, 0.29) is 12.0 Å². The van der Waals surface area contributed by atoms with Crippen LogP contribution in [-0.2, 0) is 9.53 Å². The van der Waals surface area contributed by atoms with Crippen molar-refractivity contribution in [2.75, 3.05) is 12.4 Å². The first-order chi connectivity index (χ1) is 13.1. The van der Waals surface area contributed by atoms with Crippen molar-refractivity contribution in [2.45, 2.75) is 37.6 Å². The van der Waals surface area contributed by atoms with Gasteiger partial charge in [0.2, 0.25) is 5.91 Å². The highest BCUT2D eigenvalue weighted by atomic mass is 35.5. The second-order valence-electron chi connectivity index (χ2n) is 7.20. The van der Waals surface area contributed by atoms with Gasteiger partial charge in [0.25, 0.3) is 0 Å². The predicted octanol–water partition coefficient (Wildman–Crippen LogP) is 5.51. The Hall–Kier alpha value is -1.76. The van der Waals surface area contributed by atoms with Gasteiger partial charge in [0.1, 0.15) is 20.6 Å². The number of benzene rings is 1. The molecule has 1 aromatic heterocycles. The molecule has 1 aliphatic carbocycles. The molecule has 5 nitrogen and oxygen atoms in total. The summed E-state index contributed by atoms with van der Waals surface area (Å²) in [5, 5.41) is 5.05. The quantitative estimate of drug-likeness (QED) is 0.473. The zero-order chi connectivity index (χ0) is 20.7. The number of amides is 1. The van der Waals surface area contributed by atoms with Crippen LogP contribution in [-0.4, -0.2) is 29.4 Å². The van der Waals surface area contributed by atoms with Gasteiger partial charge in [-0.25, -0.2) is 4.79 Å². The molecule has 2 aromatic rings. The summed E-state index contributed by atoms with van der Waals surface area (Å²) in [5.41, 5.74) is 0.920. The fourth-order valence-corrected chi connectivity index (χ4v) is 4.45. The van der Waals surface area contributed by atoms with E-state index < -0.39 is 15.7 Å². The number of carbonyl (C=O) groups excluding carboxylic acids is 2. The molecule has 1 aliphatic rings. The minimum absolute atomic E-state index is 0.293. The average molecular weight is 442 g/mol. The molecule has 0 bridgehead atoms. The number of hydrogen-bond donors (Lipinski definition) is 1. The number of nitrogens with one attached hydrogen (secondary N) is 1. The van der Waals surface area contributed by atoms with Gasteiger partial charge in [0.05, 0.1) is 18.6 Å². The van der Waals surface area contributed by atoms with Gasteiger partial charge in [-0.2, -0.15) is 0 Å². The lowest BCUT2D eigenvalue weighted by molar-refractivity contribution is -0.120. The van der Waals surface area contributed by atoms with Crippen LogP contribution < -0.4 is 10.1 Å². The zero-order valence-corrected chi connectivity index (χ0v) is 18.3. The van der Waals surface area contributed by atoms with Crippen molar-refractivity contribution in [1.82, 2.24) is 0 Å². The Morgan fingerprint density at radius 2 is 1.82 bits per heavy atom. The summed E-state index contributed by atoms with van der Waals surface area (Å²) in [6.07, 6.45) is 0.0659. The van der Waals surface area contributed by atoms with Crippen molar-refractivity contribution < 1.29 is 19.1 Å². The van der Waals surface area contributed by atoms with Crippen LogP contribution in [0.4, 0.5) is 5.00 Å². The number of halogens is 2. The molecule has 1 atom stereocenters. The monoisotopic (exact) mass is 441 g/mol. The highest BCUT2D eigenvalue weighted by Crippen LogP contribution is 2.64. The maximum Gasteiger partial charge on any atom is 0.342 e. The largest absolute Gasteiger partial charge is 0.497 e. The van der Waals surface area contributed by atoms with Gasteiger partial charge in [-0.3, -0.25) is 4.79 Å². The molecule has 0 unspecified atom stereocenters. The minimum Gasteiger partial charge on any atom is -0.497 e. The van der Waals surface area contributed by atoms with Crippen molar-refractivity contribution in [3.63, 3.8) is 0 Å². The number of methoxy groups -OCH3 is 1. The number of anilines is 1. The SMILES string of the molecule is COc1ccc(-c2csc(NC(=O)[C@@]3(C)CC3(Cl)Cl)c2C(=O)OC(C)C)cc1. The number of alkyl halides is 2. The van der Waals surface area contributed by atoms with E-state index in [2.05, 4.69) is 5.32 Å². The van der Waals surface area contributed by atoms with Gasteiger partial charge in [-0.05, 0) is 44.9 Å². The van der Waals surface area contributed by atoms with Gasteiger partial charge < -0.3 is 14.8 Å². The fraction of sp³-hybridized carbons (Fsp3) is 0.400. The maximum absolute atomic E-state index is 12.8. The number of ether oxygens (including phenoxy) is 2. The van der Waals surface area contributed by atoms with E-state index in [1.165, 1.54) is 11.3 Å². The standard InChI is InChI=1S/C20H21Cl2NO4S/c1-11(2)27-17(24)15-14(12-5-7-13(26-4)8-6-12)9-28-16(15)23-18(25)19(3)10-20(19,21)22/h5-9,11H,10H2,1-4H3,(H,23,25)/t19-/m1/s1. The Bertz CT molecular complexity index is 907. The zero-order valence-electron chi connectivity index (χ0n) is 16.0. The summed E-state index contributed by atoms with van der Waals surface area (Å²) in [6, 6.07) is 7.32. The molecule has 1 N–H and O–H groups in total. The third-order valence-electron chi connectivity index (χ3n) is 4.72. The predicted molar refractivity (Wildman–Crippen MR) is 113 cm³/mol. The highest BCUT2D eigenvalue weighted by molar-refractivity contribution is 7.15. The molecular weight excluding hydrogens is 421 g/mol. The van der Waals surface area contributed by atoms with Gasteiger partial charge in [0.15, 0.2) is 0 Å². The van der Waals surface area contributed by atoms with Gasteiger partial charge in [-0.1, -0.05) is 12.1 Å². The number of esters is 1. The number of thiophene rings is 1. The maximum atomic E-state index is 12.8. The van der Waals surface area contributed by atoms with Crippen LogP contribution in [0.5, 0.6) is 5.75 Å². The fourth-order valence-electron chi connectivity index (χ4n) is 2.80. The van der Waals surface area contributed by atoms with Crippen LogP contribution >= 0.6 is 34.5 Å². The van der Waals surface area contributed by atoms with Crippen molar-refractivity contribution in [3.05, 3.63) is 35.2 Å². The summed E-state index contributed by atoms with van der Waals surface area (Å²) in [4.78, 5) is 25.5. The minimum atomic E-state index is -1.09. The molecule has 28 heavy (non-hydrogen) atoms. The van der Waals surface area contributed by atoms with Crippen LogP contribution in [0.15, 0.2) is 29.6 Å². The van der Waals surface area contributed by atoms with E-state index in [1.54, 1.807) is 27.9 Å². The smallest absolute Gasteiger partial charge is 0.342 e. The Kier molecular flexibility index (Phi) is 5.67. The first kappa shape index (κ1) is 21.0. The first-order valence-electron chi connectivity index (χ1n) is 8.75. The summed E-state index contributed by atoms with van der Waals surface area (Å²) in [6.45, 7) is 5.25. The molecule has 1 heterocycles. The molecule has 8 heteroatoms. The Balaban J connectivity index is 1.97. The molecule has 1 amide bonds. The number of carbonyl (C=O) groups is 2. The lowest BCUT2D eigenvalue weighted by Crippen LogP contribution is -2.26. The highest BCUT2D eigenvalue weighted by Gasteiger charge is 2.68. The molecule has 0 radical (unpaired) electrons. The van der Waals surface area contributed by atoms with E-state index in [1.807, 2.05) is 29.6 Å². The van der Waals surface area contributed by atoms with Gasteiger partial charge >= 0.3 is 5.97 Å². The lowest BCUT2D eigenvalue weighted by Gasteiger charge is -2.14. The Morgan fingerprint density at radius 3 is 2.32 bits per heavy atom. The Morgan fingerprint density at radius 1 is 1.21 bits per heavy atom. The van der Waals surface area contributed by atoms with Crippen LogP contribution in [0.3, 0.4) is 0 Å². The molecule has 1 saturated carbocycles. The number of hydrogen-bond acceptors (Lipinski definition) is 5. The third-order valence-corrected chi connectivity index (χ3v) is 6.72. The first-order valence-corrected chi connectivity index (χ1v) is 10.4. The van der Waals surface area contributed by atoms with E-state index in [9.17, 15) is 9.59 Å². The van der Waals surface area contributed by atoms with Crippen LogP contribution in [0.25, 0.3) is 11.1 Å². The van der Waals surface area contributed by atoms with Crippen LogP contribution in [0, 0.1) is 5.41 Å². The normalized spacial score (nSPS) is 20.0. The van der Waals surface area contributed by atoms with Crippen LogP contribution in [0.2, 0.25) is 0 Å². The van der Waals surface area contributed by atoms with Gasteiger partial charge in [-0.15, -0.1) is 34.5 Å². The third kappa shape index (κ3) is 3.86. The Labute approximate surface area is 177 Å². The van der Waals surface area contributed by atoms with Gasteiger partial charge in [0, 0.05) is 10.9 Å². The summed E-state index contributed by atoms with van der Waals surface area (Å²) < 4.78 is 9.50. The van der Waals surface area contributed by atoms with E-state index in [0.29, 0.717) is 28.3 Å². The van der Waals surface area contributed by atoms with Crippen molar-refractivity contribution >= 4 is 51.4 Å². The molecule has 0 aliphatic heterocycles. The van der Waals surface area contributed by atoms with Crippen LogP contribution in [0.1, 0.15) is 37.6 Å². The molecule has 1 aromatic carbocycles. The molecular formula is C20H21Cl2NO4S. The van der Waals surface area contributed by atoms with Crippen molar-refractivity contribution in [3.8, 4) is 16.9 Å². The molecule has 1 fully saturated rings. The second kappa shape index (κ2) is 7.58. The summed E-state index contributed by atoms with van der Waals surface area (Å²) >= 11 is 13.5. The van der Waals surface area contributed by atoms with Crippen molar-refractivity contribution in [2.24, 2.45) is 5.41 Å². The molecule has 3 rings (SSSR count). The summed E-state index contributed by atoms with van der Waals surface area (Å²) in [7, 11) is 1.59.